The molecule has 2 aromatic carbocycles. The first kappa shape index (κ1) is 19.1. The molecule has 0 saturated heterocycles. The number of esters is 1. The maximum absolute atomic E-state index is 13.0. The summed E-state index contributed by atoms with van der Waals surface area (Å²) in [6, 6.07) is 15.9. The van der Waals surface area contributed by atoms with Gasteiger partial charge in [-0.3, -0.25) is 4.79 Å². The Morgan fingerprint density at radius 3 is 2.69 bits per heavy atom. The number of urea groups is 1. The molecule has 0 spiro atoms. The number of carbonyl (C=O) groups excluding carboxylic acids is 2. The molecule has 0 radical (unpaired) electrons. The first-order valence-electron chi connectivity index (χ1n) is 9.94. The van der Waals surface area contributed by atoms with Crippen LogP contribution in [0.1, 0.15) is 35.3 Å². The third-order valence-electron chi connectivity index (χ3n) is 5.38. The first-order valence-corrected chi connectivity index (χ1v) is 9.94. The number of aromatic amines is 1. The first-order chi connectivity index (χ1) is 14.1. The Hall–Kier alpha value is -3.28. The smallest absolute Gasteiger partial charge is 0.325 e. The van der Waals surface area contributed by atoms with E-state index in [9.17, 15) is 9.59 Å². The van der Waals surface area contributed by atoms with Crippen LogP contribution in [-0.4, -0.2) is 41.6 Å². The summed E-state index contributed by atoms with van der Waals surface area (Å²) in [5.41, 5.74) is 5.56. The number of hydrogen-bond donors (Lipinski definition) is 2. The maximum Gasteiger partial charge on any atom is 0.325 e. The number of carbonyl (C=O) groups is 2. The zero-order valence-corrected chi connectivity index (χ0v) is 16.7. The lowest BCUT2D eigenvalue weighted by Gasteiger charge is -2.36. The van der Waals surface area contributed by atoms with Gasteiger partial charge in [0.25, 0.3) is 0 Å². The fourth-order valence-corrected chi connectivity index (χ4v) is 4.02. The second-order valence-electron chi connectivity index (χ2n) is 7.28. The molecule has 1 aliphatic rings. The van der Waals surface area contributed by atoms with Gasteiger partial charge in [-0.25, -0.2) is 4.79 Å². The molecule has 2 N–H and O–H groups in total. The van der Waals surface area contributed by atoms with Crippen molar-refractivity contribution in [3.63, 3.8) is 0 Å². The molecule has 0 saturated carbocycles. The van der Waals surface area contributed by atoms with Crippen LogP contribution in [-0.2, 0) is 16.0 Å². The molecule has 1 aliphatic heterocycles. The number of aryl methyl sites for hydroxylation is 1. The van der Waals surface area contributed by atoms with Crippen molar-refractivity contribution in [3.05, 3.63) is 70.9 Å². The SMILES string of the molecule is CCOC(=O)CNC(=O)N1CCc2c([nH]c3ccccc23)[C@@H]1c1ccc(C)cc1. The molecule has 29 heavy (non-hydrogen) atoms. The Labute approximate surface area is 169 Å². The van der Waals surface area contributed by atoms with Crippen molar-refractivity contribution < 1.29 is 14.3 Å². The fraction of sp³-hybridized carbons (Fsp3) is 0.304. The molecule has 4 rings (SSSR count). The van der Waals surface area contributed by atoms with E-state index in [1.165, 1.54) is 16.5 Å². The lowest BCUT2D eigenvalue weighted by molar-refractivity contribution is -0.141. The van der Waals surface area contributed by atoms with E-state index in [0.717, 1.165) is 23.2 Å². The lowest BCUT2D eigenvalue weighted by Crippen LogP contribution is -2.47. The number of hydrogen-bond acceptors (Lipinski definition) is 3. The topological polar surface area (TPSA) is 74.4 Å². The molecule has 2 amide bonds. The monoisotopic (exact) mass is 391 g/mol. The third kappa shape index (κ3) is 3.70. The van der Waals surface area contributed by atoms with Crippen LogP contribution in [0.3, 0.4) is 0 Å². The van der Waals surface area contributed by atoms with E-state index < -0.39 is 5.97 Å². The van der Waals surface area contributed by atoms with Crippen LogP contribution < -0.4 is 5.32 Å². The number of amides is 2. The van der Waals surface area contributed by atoms with Gasteiger partial charge in [0.15, 0.2) is 0 Å². The van der Waals surface area contributed by atoms with Crippen molar-refractivity contribution in [1.29, 1.82) is 0 Å². The number of ether oxygens (including phenoxy) is 1. The van der Waals surface area contributed by atoms with Gasteiger partial charge in [-0.15, -0.1) is 0 Å². The van der Waals surface area contributed by atoms with Gasteiger partial charge >= 0.3 is 12.0 Å². The number of fused-ring (bicyclic) bond motifs is 3. The summed E-state index contributed by atoms with van der Waals surface area (Å²) in [4.78, 5) is 30.0. The average Bonchev–Trinajstić information content (AvgIpc) is 3.11. The van der Waals surface area contributed by atoms with Gasteiger partial charge in [0.05, 0.1) is 12.6 Å². The molecule has 1 aromatic heterocycles. The van der Waals surface area contributed by atoms with Gasteiger partial charge in [-0.1, -0.05) is 48.0 Å². The zero-order chi connectivity index (χ0) is 20.4. The summed E-state index contributed by atoms with van der Waals surface area (Å²) < 4.78 is 4.92. The van der Waals surface area contributed by atoms with Crippen LogP contribution in [0.5, 0.6) is 0 Å². The van der Waals surface area contributed by atoms with Gasteiger partial charge in [-0.05, 0) is 37.5 Å². The quantitative estimate of drug-likeness (QED) is 0.666. The minimum absolute atomic E-state index is 0.136. The molecular formula is C23H25N3O3. The molecule has 6 heteroatoms. The van der Waals surface area contributed by atoms with E-state index in [2.05, 4.69) is 46.7 Å². The molecule has 0 aliphatic carbocycles. The minimum atomic E-state index is -0.434. The molecule has 3 aromatic rings. The van der Waals surface area contributed by atoms with Crippen LogP contribution in [0, 0.1) is 6.92 Å². The zero-order valence-electron chi connectivity index (χ0n) is 16.7. The molecule has 1 atom stereocenters. The third-order valence-corrected chi connectivity index (χ3v) is 5.38. The largest absolute Gasteiger partial charge is 0.465 e. The Kier molecular flexibility index (Phi) is 5.25. The van der Waals surface area contributed by atoms with Gasteiger partial charge in [0, 0.05) is 23.1 Å². The lowest BCUT2D eigenvalue weighted by atomic mass is 9.92. The molecule has 6 nitrogen and oxygen atoms in total. The summed E-state index contributed by atoms with van der Waals surface area (Å²) in [5, 5.41) is 3.91. The number of para-hydroxylation sites is 1. The Morgan fingerprint density at radius 2 is 1.93 bits per heavy atom. The highest BCUT2D eigenvalue weighted by molar-refractivity contribution is 5.87. The van der Waals surface area contributed by atoms with Crippen molar-refractivity contribution in [2.45, 2.75) is 26.3 Å². The average molecular weight is 391 g/mol. The second kappa shape index (κ2) is 7.99. The summed E-state index contributed by atoms with van der Waals surface area (Å²) in [7, 11) is 0. The summed E-state index contributed by atoms with van der Waals surface area (Å²) in [6.07, 6.45) is 0.758. The number of rotatable bonds is 4. The van der Waals surface area contributed by atoms with Crippen molar-refractivity contribution in [1.82, 2.24) is 15.2 Å². The number of H-pyrrole nitrogens is 1. The molecule has 2 heterocycles. The second-order valence-corrected chi connectivity index (χ2v) is 7.28. The summed E-state index contributed by atoms with van der Waals surface area (Å²) in [6.45, 7) is 4.52. The van der Waals surface area contributed by atoms with Gasteiger partial charge in [0.1, 0.15) is 6.54 Å². The molecule has 150 valence electrons. The maximum atomic E-state index is 13.0. The number of aromatic nitrogens is 1. The van der Waals surface area contributed by atoms with Crippen molar-refractivity contribution in [2.75, 3.05) is 19.7 Å². The molecular weight excluding hydrogens is 366 g/mol. The van der Waals surface area contributed by atoms with Gasteiger partial charge < -0.3 is 19.9 Å². The number of nitrogens with zero attached hydrogens (tertiary/aromatic N) is 1. The highest BCUT2D eigenvalue weighted by Gasteiger charge is 2.34. The fourth-order valence-electron chi connectivity index (χ4n) is 4.02. The van der Waals surface area contributed by atoms with E-state index in [0.29, 0.717) is 13.2 Å². The van der Waals surface area contributed by atoms with Crippen LogP contribution in [0.2, 0.25) is 0 Å². The van der Waals surface area contributed by atoms with Crippen molar-refractivity contribution in [3.8, 4) is 0 Å². The van der Waals surface area contributed by atoms with E-state index in [-0.39, 0.29) is 18.6 Å². The summed E-state index contributed by atoms with van der Waals surface area (Å²) >= 11 is 0. The van der Waals surface area contributed by atoms with Crippen LogP contribution in [0.15, 0.2) is 48.5 Å². The standard InChI is InChI=1S/C23H25N3O3/c1-3-29-20(27)14-24-23(28)26-13-12-18-17-6-4-5-7-19(17)25-21(18)22(26)16-10-8-15(2)9-11-16/h4-11,22,25H,3,12-14H2,1-2H3,(H,24,28)/t22-/m0/s1. The van der Waals surface area contributed by atoms with Crippen LogP contribution in [0.4, 0.5) is 4.79 Å². The van der Waals surface area contributed by atoms with E-state index in [1.54, 1.807) is 11.8 Å². The Balaban J connectivity index is 1.70. The number of benzene rings is 2. The normalized spacial score (nSPS) is 15.8. The predicted octanol–water partition coefficient (Wildman–Crippen LogP) is 3.70. The van der Waals surface area contributed by atoms with E-state index in [1.807, 2.05) is 19.1 Å². The van der Waals surface area contributed by atoms with E-state index >= 15 is 0 Å². The van der Waals surface area contributed by atoms with Crippen molar-refractivity contribution in [2.24, 2.45) is 0 Å². The predicted molar refractivity (Wildman–Crippen MR) is 112 cm³/mol. The van der Waals surface area contributed by atoms with Crippen LogP contribution >= 0.6 is 0 Å². The summed E-state index contributed by atoms with van der Waals surface area (Å²) in [5.74, 6) is -0.434. The highest BCUT2D eigenvalue weighted by atomic mass is 16.5. The van der Waals surface area contributed by atoms with Gasteiger partial charge in [0.2, 0.25) is 0 Å². The van der Waals surface area contributed by atoms with Gasteiger partial charge in [-0.2, -0.15) is 0 Å². The molecule has 0 bridgehead atoms. The Morgan fingerprint density at radius 1 is 1.17 bits per heavy atom. The molecule has 0 unspecified atom stereocenters. The minimum Gasteiger partial charge on any atom is -0.465 e. The van der Waals surface area contributed by atoms with Crippen molar-refractivity contribution >= 4 is 22.9 Å². The highest BCUT2D eigenvalue weighted by Crippen LogP contribution is 2.38. The van der Waals surface area contributed by atoms with Crippen LogP contribution in [0.25, 0.3) is 10.9 Å². The Bertz CT molecular complexity index is 1040. The molecule has 0 fully saturated rings. The van der Waals surface area contributed by atoms with E-state index in [4.69, 9.17) is 4.74 Å². The number of nitrogens with one attached hydrogen (secondary N) is 2.